The molecule has 5 nitrogen and oxygen atoms in total. The Morgan fingerprint density at radius 3 is 2.13 bits per heavy atom. The molecule has 0 fully saturated rings. The zero-order valence-electron chi connectivity index (χ0n) is 17.2. The molecule has 2 amide bonds. The molecule has 154 valence electrons. The van der Waals surface area contributed by atoms with Gasteiger partial charge in [-0.1, -0.05) is 54.6 Å². The van der Waals surface area contributed by atoms with Crippen LogP contribution >= 0.6 is 0 Å². The van der Waals surface area contributed by atoms with Gasteiger partial charge in [0.1, 0.15) is 5.75 Å². The number of hydrogen-bond acceptors (Lipinski definition) is 3. The van der Waals surface area contributed by atoms with Crippen molar-refractivity contribution in [2.45, 2.75) is 19.9 Å². The number of amides is 2. The fourth-order valence-electron chi connectivity index (χ4n) is 3.10. The van der Waals surface area contributed by atoms with Crippen LogP contribution in [0.5, 0.6) is 5.75 Å². The van der Waals surface area contributed by atoms with Crippen LogP contribution in [0.25, 0.3) is 11.1 Å². The number of carbonyl (C=O) groups excluding carboxylic acids is 2. The lowest BCUT2D eigenvalue weighted by atomic mass is 10.0. The van der Waals surface area contributed by atoms with E-state index in [1.54, 1.807) is 12.1 Å². The van der Waals surface area contributed by atoms with Crippen LogP contribution in [0.15, 0.2) is 78.9 Å². The molecule has 0 radical (unpaired) electrons. The highest BCUT2D eigenvalue weighted by molar-refractivity contribution is 5.96. The van der Waals surface area contributed by atoms with Gasteiger partial charge < -0.3 is 15.4 Å². The van der Waals surface area contributed by atoms with Crippen molar-refractivity contribution >= 4 is 11.8 Å². The molecule has 1 atom stereocenters. The van der Waals surface area contributed by atoms with Crippen LogP contribution in [0.1, 0.15) is 35.8 Å². The Balaban J connectivity index is 1.49. The molecule has 0 saturated carbocycles. The van der Waals surface area contributed by atoms with E-state index >= 15 is 0 Å². The predicted molar refractivity (Wildman–Crippen MR) is 118 cm³/mol. The normalized spacial score (nSPS) is 11.4. The van der Waals surface area contributed by atoms with Gasteiger partial charge in [-0.05, 0) is 54.8 Å². The van der Waals surface area contributed by atoms with Crippen LogP contribution in [0.4, 0.5) is 0 Å². The highest BCUT2D eigenvalue weighted by Gasteiger charge is 2.12. The van der Waals surface area contributed by atoms with Gasteiger partial charge in [0, 0.05) is 5.56 Å². The topological polar surface area (TPSA) is 67.4 Å². The van der Waals surface area contributed by atoms with Gasteiger partial charge >= 0.3 is 0 Å². The van der Waals surface area contributed by atoms with Crippen LogP contribution < -0.4 is 15.4 Å². The first kappa shape index (κ1) is 21.1. The quantitative estimate of drug-likeness (QED) is 0.588. The summed E-state index contributed by atoms with van der Waals surface area (Å²) in [5, 5.41) is 5.56. The van der Waals surface area contributed by atoms with Gasteiger partial charge in [-0.25, -0.2) is 0 Å². The molecule has 0 bridgehead atoms. The summed E-state index contributed by atoms with van der Waals surface area (Å²) in [6.07, 6.45) is 0. The van der Waals surface area contributed by atoms with Crippen molar-refractivity contribution in [3.8, 4) is 16.9 Å². The fourth-order valence-corrected chi connectivity index (χ4v) is 3.10. The number of nitrogens with one attached hydrogen (secondary N) is 2. The smallest absolute Gasteiger partial charge is 0.251 e. The third kappa shape index (κ3) is 5.70. The molecule has 0 saturated heterocycles. The van der Waals surface area contributed by atoms with Crippen molar-refractivity contribution in [2.24, 2.45) is 0 Å². The van der Waals surface area contributed by atoms with Gasteiger partial charge in [-0.3, -0.25) is 9.59 Å². The first-order chi connectivity index (χ1) is 14.6. The number of rotatable bonds is 8. The van der Waals surface area contributed by atoms with Gasteiger partial charge in [0.25, 0.3) is 5.91 Å². The molecule has 3 rings (SSSR count). The van der Waals surface area contributed by atoms with Crippen LogP contribution in [0.2, 0.25) is 0 Å². The largest absolute Gasteiger partial charge is 0.494 e. The van der Waals surface area contributed by atoms with E-state index in [0.29, 0.717) is 12.2 Å². The Labute approximate surface area is 177 Å². The summed E-state index contributed by atoms with van der Waals surface area (Å²) in [5.74, 6) is 0.273. The maximum atomic E-state index is 12.3. The molecule has 3 aromatic carbocycles. The van der Waals surface area contributed by atoms with Crippen molar-refractivity contribution in [1.29, 1.82) is 0 Å². The minimum Gasteiger partial charge on any atom is -0.494 e. The van der Waals surface area contributed by atoms with Gasteiger partial charge in [-0.15, -0.1) is 0 Å². The highest BCUT2D eigenvalue weighted by atomic mass is 16.5. The van der Waals surface area contributed by atoms with Crippen molar-refractivity contribution < 1.29 is 14.3 Å². The molecule has 0 heterocycles. The second-order valence-corrected chi connectivity index (χ2v) is 6.92. The van der Waals surface area contributed by atoms with Crippen LogP contribution in [-0.4, -0.2) is 25.0 Å². The number of carbonyl (C=O) groups is 2. The van der Waals surface area contributed by atoms with E-state index in [1.165, 1.54) is 0 Å². The Hall–Kier alpha value is -3.60. The SMILES string of the molecule is CCOc1ccc(C(C)NC(=O)CNC(=O)c2ccc(-c3ccccc3)cc2)cc1. The van der Waals surface area contributed by atoms with Gasteiger partial charge in [0.15, 0.2) is 0 Å². The first-order valence-electron chi connectivity index (χ1n) is 10.0. The maximum absolute atomic E-state index is 12.3. The molecular formula is C25H26N2O3. The fraction of sp³-hybridized carbons (Fsp3) is 0.200. The second-order valence-electron chi connectivity index (χ2n) is 6.92. The summed E-state index contributed by atoms with van der Waals surface area (Å²) < 4.78 is 5.43. The molecule has 0 aliphatic heterocycles. The van der Waals surface area contributed by atoms with Crippen LogP contribution in [0.3, 0.4) is 0 Å². The zero-order chi connectivity index (χ0) is 21.3. The average Bonchev–Trinajstić information content (AvgIpc) is 2.79. The lowest BCUT2D eigenvalue weighted by molar-refractivity contribution is -0.120. The second kappa shape index (κ2) is 10.3. The summed E-state index contributed by atoms with van der Waals surface area (Å²) in [7, 11) is 0. The molecule has 0 spiro atoms. The molecule has 0 aromatic heterocycles. The summed E-state index contributed by atoms with van der Waals surface area (Å²) >= 11 is 0. The maximum Gasteiger partial charge on any atom is 0.251 e. The molecule has 5 heteroatoms. The van der Waals surface area contributed by atoms with E-state index in [9.17, 15) is 9.59 Å². The van der Waals surface area contributed by atoms with E-state index < -0.39 is 0 Å². The Morgan fingerprint density at radius 2 is 1.50 bits per heavy atom. The number of hydrogen-bond donors (Lipinski definition) is 2. The number of benzene rings is 3. The molecule has 2 N–H and O–H groups in total. The third-order valence-corrected chi connectivity index (χ3v) is 4.73. The molecule has 3 aromatic rings. The lowest BCUT2D eigenvalue weighted by Gasteiger charge is -2.15. The van der Waals surface area contributed by atoms with Crippen molar-refractivity contribution in [3.05, 3.63) is 90.0 Å². The molecule has 1 unspecified atom stereocenters. The molecule has 0 aliphatic carbocycles. The Morgan fingerprint density at radius 1 is 0.867 bits per heavy atom. The summed E-state index contributed by atoms with van der Waals surface area (Å²) in [5.41, 5.74) is 3.61. The van der Waals surface area contributed by atoms with E-state index in [0.717, 1.165) is 22.4 Å². The van der Waals surface area contributed by atoms with Gasteiger partial charge in [0.05, 0.1) is 19.2 Å². The van der Waals surface area contributed by atoms with E-state index in [-0.39, 0.29) is 24.4 Å². The van der Waals surface area contributed by atoms with Gasteiger partial charge in [-0.2, -0.15) is 0 Å². The minimum atomic E-state index is -0.279. The summed E-state index contributed by atoms with van der Waals surface area (Å²) in [6.45, 7) is 4.36. The summed E-state index contributed by atoms with van der Waals surface area (Å²) in [4.78, 5) is 24.6. The van der Waals surface area contributed by atoms with Crippen molar-refractivity contribution in [2.75, 3.05) is 13.2 Å². The van der Waals surface area contributed by atoms with E-state index in [1.807, 2.05) is 80.6 Å². The van der Waals surface area contributed by atoms with Crippen LogP contribution in [-0.2, 0) is 4.79 Å². The average molecular weight is 402 g/mol. The lowest BCUT2D eigenvalue weighted by Crippen LogP contribution is -2.38. The minimum absolute atomic E-state index is 0.0827. The molecule has 0 aliphatic rings. The predicted octanol–water partition coefficient (Wildman–Crippen LogP) is 4.36. The number of ether oxygens (including phenoxy) is 1. The summed E-state index contributed by atoms with van der Waals surface area (Å²) in [6, 6.07) is 24.7. The van der Waals surface area contributed by atoms with E-state index in [2.05, 4.69) is 10.6 Å². The van der Waals surface area contributed by atoms with Crippen LogP contribution in [0, 0.1) is 0 Å². The Bertz CT molecular complexity index is 968. The van der Waals surface area contributed by atoms with E-state index in [4.69, 9.17) is 4.74 Å². The highest BCUT2D eigenvalue weighted by Crippen LogP contribution is 2.19. The monoisotopic (exact) mass is 402 g/mol. The standard InChI is InChI=1S/C25H26N2O3/c1-3-30-23-15-13-19(14-16-23)18(2)27-24(28)17-26-25(29)22-11-9-21(10-12-22)20-7-5-4-6-8-20/h4-16,18H,3,17H2,1-2H3,(H,26,29)(H,27,28). The Kier molecular flexibility index (Phi) is 7.22. The van der Waals surface area contributed by atoms with Crippen molar-refractivity contribution in [1.82, 2.24) is 10.6 Å². The first-order valence-corrected chi connectivity index (χ1v) is 10.0. The van der Waals surface area contributed by atoms with Gasteiger partial charge in [0.2, 0.25) is 5.91 Å². The van der Waals surface area contributed by atoms with Crippen molar-refractivity contribution in [3.63, 3.8) is 0 Å². The molecular weight excluding hydrogens is 376 g/mol. The zero-order valence-corrected chi connectivity index (χ0v) is 17.2. The third-order valence-electron chi connectivity index (χ3n) is 4.73. The molecule has 30 heavy (non-hydrogen) atoms.